The summed E-state index contributed by atoms with van der Waals surface area (Å²) >= 11 is 0. The van der Waals surface area contributed by atoms with Crippen LogP contribution in [0, 0.1) is 12.8 Å². The molecule has 1 aliphatic rings. The van der Waals surface area contributed by atoms with Crippen LogP contribution < -0.4 is 10.2 Å². The summed E-state index contributed by atoms with van der Waals surface area (Å²) in [5.41, 5.74) is 1.32. The van der Waals surface area contributed by atoms with Gasteiger partial charge in [0.25, 0.3) is 0 Å². The summed E-state index contributed by atoms with van der Waals surface area (Å²) in [5, 5.41) is 7.12. The molecule has 4 heterocycles. The first kappa shape index (κ1) is 23.7. The van der Waals surface area contributed by atoms with E-state index in [1.807, 2.05) is 32.7 Å². The van der Waals surface area contributed by atoms with Crippen molar-refractivity contribution in [2.45, 2.75) is 52.4 Å². The largest absolute Gasteiger partial charge is 0.418 e. The van der Waals surface area contributed by atoms with Crippen molar-refractivity contribution in [2.75, 3.05) is 17.3 Å². The monoisotopic (exact) mass is 473 g/mol. The molecule has 3 aromatic heterocycles. The van der Waals surface area contributed by atoms with Crippen LogP contribution in [-0.4, -0.2) is 43.7 Å². The maximum atomic E-state index is 13.2. The number of anilines is 2. The van der Waals surface area contributed by atoms with Gasteiger partial charge in [0.2, 0.25) is 5.91 Å². The fraction of sp³-hybridized carbons (Fsp3) is 0.435. The Morgan fingerprint density at radius 1 is 1.21 bits per heavy atom. The number of carbonyl (C=O) groups excluding carboxylic acids is 1. The summed E-state index contributed by atoms with van der Waals surface area (Å²) in [6.45, 7) is 5.73. The predicted octanol–water partition coefficient (Wildman–Crippen LogP) is 3.64. The van der Waals surface area contributed by atoms with Crippen molar-refractivity contribution in [1.29, 1.82) is 0 Å². The van der Waals surface area contributed by atoms with Crippen LogP contribution in [0.15, 0.2) is 30.7 Å². The summed E-state index contributed by atoms with van der Waals surface area (Å²) < 4.78 is 41.1. The first-order chi connectivity index (χ1) is 16.0. The zero-order chi connectivity index (χ0) is 24.6. The molecule has 1 N–H and O–H groups in total. The van der Waals surface area contributed by atoms with E-state index in [4.69, 9.17) is 0 Å². The van der Waals surface area contributed by atoms with Crippen LogP contribution in [0.25, 0.3) is 0 Å². The molecular weight excluding hydrogens is 447 g/mol. The Morgan fingerprint density at radius 2 is 1.97 bits per heavy atom. The SMILES string of the molecule is Cc1nc(CCc2cnn(Cc3ncccc3C(F)(F)F)c2)nc2c1NC(=O)[C@H](C(C)C)N2C. The summed E-state index contributed by atoms with van der Waals surface area (Å²) in [7, 11) is 1.86. The van der Waals surface area contributed by atoms with E-state index in [1.54, 1.807) is 12.4 Å². The Bertz CT molecular complexity index is 1210. The summed E-state index contributed by atoms with van der Waals surface area (Å²) in [6, 6.07) is 1.97. The molecule has 0 bridgehead atoms. The molecule has 4 rings (SSSR count). The van der Waals surface area contributed by atoms with E-state index in [-0.39, 0.29) is 30.1 Å². The molecule has 0 aromatic carbocycles. The molecule has 0 fully saturated rings. The lowest BCUT2D eigenvalue weighted by atomic mass is 9.99. The third-order valence-corrected chi connectivity index (χ3v) is 5.85. The first-order valence-corrected chi connectivity index (χ1v) is 11.0. The lowest BCUT2D eigenvalue weighted by molar-refractivity contribution is -0.138. The van der Waals surface area contributed by atoms with Gasteiger partial charge in [0.15, 0.2) is 5.82 Å². The van der Waals surface area contributed by atoms with Crippen LogP contribution in [-0.2, 0) is 30.4 Å². The molecule has 0 radical (unpaired) electrons. The highest BCUT2D eigenvalue weighted by Crippen LogP contribution is 2.33. The second kappa shape index (κ2) is 9.03. The lowest BCUT2D eigenvalue weighted by Gasteiger charge is -2.36. The second-order valence-electron chi connectivity index (χ2n) is 8.75. The van der Waals surface area contributed by atoms with Crippen LogP contribution in [0.4, 0.5) is 24.7 Å². The van der Waals surface area contributed by atoms with Gasteiger partial charge in [-0.2, -0.15) is 18.3 Å². The van der Waals surface area contributed by atoms with Crippen LogP contribution in [0.3, 0.4) is 0 Å². The molecule has 11 heteroatoms. The normalized spacial score (nSPS) is 16.1. The van der Waals surface area contributed by atoms with E-state index < -0.39 is 11.7 Å². The third kappa shape index (κ3) is 4.73. The molecule has 34 heavy (non-hydrogen) atoms. The molecule has 0 aliphatic carbocycles. The molecule has 8 nitrogen and oxygen atoms in total. The highest BCUT2D eigenvalue weighted by atomic mass is 19.4. The Morgan fingerprint density at radius 3 is 2.68 bits per heavy atom. The van der Waals surface area contributed by atoms with Crippen molar-refractivity contribution in [1.82, 2.24) is 24.7 Å². The molecular formula is C23H26F3N7O. The number of halogens is 3. The first-order valence-electron chi connectivity index (χ1n) is 11.0. The number of rotatable bonds is 6. The van der Waals surface area contributed by atoms with Crippen molar-refractivity contribution in [3.8, 4) is 0 Å². The number of nitrogens with one attached hydrogen (secondary N) is 1. The van der Waals surface area contributed by atoms with Crippen molar-refractivity contribution in [3.05, 3.63) is 59.1 Å². The summed E-state index contributed by atoms with van der Waals surface area (Å²) in [5.74, 6) is 1.35. The number of amides is 1. The van der Waals surface area contributed by atoms with Crippen molar-refractivity contribution in [3.63, 3.8) is 0 Å². The molecule has 3 aromatic rings. The highest BCUT2D eigenvalue weighted by Gasteiger charge is 2.35. The zero-order valence-corrected chi connectivity index (χ0v) is 19.4. The Kier molecular flexibility index (Phi) is 6.28. The number of pyridine rings is 1. The average molecular weight is 474 g/mol. The van der Waals surface area contributed by atoms with E-state index >= 15 is 0 Å². The summed E-state index contributed by atoms with van der Waals surface area (Å²) in [4.78, 5) is 27.5. The van der Waals surface area contributed by atoms with Crippen LogP contribution in [0.2, 0.25) is 0 Å². The average Bonchev–Trinajstić information content (AvgIpc) is 3.20. The summed E-state index contributed by atoms with van der Waals surface area (Å²) in [6.07, 6.45) is 1.29. The molecule has 180 valence electrons. The number of aryl methyl sites for hydroxylation is 3. The van der Waals surface area contributed by atoms with Gasteiger partial charge in [0.1, 0.15) is 17.6 Å². The van der Waals surface area contributed by atoms with Gasteiger partial charge >= 0.3 is 6.18 Å². The van der Waals surface area contributed by atoms with Gasteiger partial charge in [-0.05, 0) is 37.0 Å². The predicted molar refractivity (Wildman–Crippen MR) is 120 cm³/mol. The minimum Gasteiger partial charge on any atom is -0.346 e. The standard InChI is InChI=1S/C23H26F3N7O/c1-13(2)20-22(34)31-19-14(3)29-18(30-21(19)32(20)4)8-7-15-10-28-33(11-15)12-17-16(23(24,25)26)6-5-9-27-17/h5-6,9-11,13,20H,7-8,12H2,1-4H3,(H,31,34)/t20-/m0/s1. The fourth-order valence-electron chi connectivity index (χ4n) is 4.24. The quantitative estimate of drug-likeness (QED) is 0.588. The number of aromatic nitrogens is 5. The molecule has 0 saturated carbocycles. The smallest absolute Gasteiger partial charge is 0.346 e. The maximum absolute atomic E-state index is 13.2. The van der Waals surface area contributed by atoms with Crippen molar-refractivity contribution < 1.29 is 18.0 Å². The van der Waals surface area contributed by atoms with E-state index in [2.05, 4.69) is 25.4 Å². The van der Waals surface area contributed by atoms with Gasteiger partial charge in [-0.3, -0.25) is 14.5 Å². The van der Waals surface area contributed by atoms with Crippen molar-refractivity contribution in [2.24, 2.45) is 5.92 Å². The topological polar surface area (TPSA) is 88.8 Å². The number of hydrogen-bond donors (Lipinski definition) is 1. The molecule has 1 atom stereocenters. The minimum absolute atomic E-state index is 0.0709. The minimum atomic E-state index is -4.47. The van der Waals surface area contributed by atoms with E-state index in [0.29, 0.717) is 35.9 Å². The Labute approximate surface area is 195 Å². The van der Waals surface area contributed by atoms with Gasteiger partial charge in [-0.25, -0.2) is 9.97 Å². The Hall–Kier alpha value is -3.50. The number of nitrogens with zero attached hydrogens (tertiary/aromatic N) is 6. The third-order valence-electron chi connectivity index (χ3n) is 5.85. The van der Waals surface area contributed by atoms with E-state index in [1.165, 1.54) is 16.9 Å². The van der Waals surface area contributed by atoms with Gasteiger partial charge < -0.3 is 10.2 Å². The van der Waals surface area contributed by atoms with Crippen LogP contribution >= 0.6 is 0 Å². The number of fused-ring (bicyclic) bond motifs is 1. The van der Waals surface area contributed by atoms with E-state index in [9.17, 15) is 18.0 Å². The Balaban J connectivity index is 1.48. The van der Waals surface area contributed by atoms with Crippen LogP contribution in [0.5, 0.6) is 0 Å². The van der Waals surface area contributed by atoms with Gasteiger partial charge in [0.05, 0.1) is 29.7 Å². The number of likely N-dealkylation sites (N-methyl/N-ethyl adjacent to an activating group) is 1. The molecule has 1 amide bonds. The lowest BCUT2D eigenvalue weighted by Crippen LogP contribution is -2.49. The van der Waals surface area contributed by atoms with Crippen molar-refractivity contribution >= 4 is 17.4 Å². The molecule has 0 spiro atoms. The number of hydrogen-bond acceptors (Lipinski definition) is 6. The number of carbonyl (C=O) groups is 1. The van der Waals surface area contributed by atoms with Gasteiger partial charge in [0, 0.05) is 25.9 Å². The van der Waals surface area contributed by atoms with Gasteiger partial charge in [-0.1, -0.05) is 13.8 Å². The zero-order valence-electron chi connectivity index (χ0n) is 19.4. The number of alkyl halides is 3. The molecule has 1 aliphatic heterocycles. The van der Waals surface area contributed by atoms with E-state index in [0.717, 1.165) is 11.6 Å². The molecule has 0 unspecified atom stereocenters. The van der Waals surface area contributed by atoms with Crippen LogP contribution in [0.1, 0.15) is 42.2 Å². The molecule has 0 saturated heterocycles. The van der Waals surface area contributed by atoms with Gasteiger partial charge in [-0.15, -0.1) is 0 Å². The maximum Gasteiger partial charge on any atom is 0.418 e. The second-order valence-corrected chi connectivity index (χ2v) is 8.75. The highest BCUT2D eigenvalue weighted by molar-refractivity contribution is 6.03. The fourth-order valence-corrected chi connectivity index (χ4v) is 4.24.